The Morgan fingerprint density at radius 2 is 1.92 bits per heavy atom. The molecule has 10 heteroatoms. The molecule has 0 saturated carbocycles. The Morgan fingerprint density at radius 3 is 2.64 bits per heavy atom. The number of anilines is 2. The van der Waals surface area contributed by atoms with Gasteiger partial charge in [0.25, 0.3) is 0 Å². The van der Waals surface area contributed by atoms with Gasteiger partial charge in [0.2, 0.25) is 0 Å². The first-order valence-electron chi connectivity index (χ1n) is 12.0. The number of hydrogen-bond donors (Lipinski definition) is 2. The summed E-state index contributed by atoms with van der Waals surface area (Å²) >= 11 is 2.87. The molecule has 3 heterocycles. The summed E-state index contributed by atoms with van der Waals surface area (Å²) in [6, 6.07) is 20.0. The highest BCUT2D eigenvalue weighted by Crippen LogP contribution is 2.37. The molecule has 5 rings (SSSR count). The minimum Gasteiger partial charge on any atom is -0.488 e. The summed E-state index contributed by atoms with van der Waals surface area (Å²) in [5.74, 6) is -1.44. The Balaban J connectivity index is 1.49. The zero-order valence-electron chi connectivity index (χ0n) is 20.9. The summed E-state index contributed by atoms with van der Waals surface area (Å²) in [6.07, 6.45) is 2.08. The van der Waals surface area contributed by atoms with E-state index in [-0.39, 0.29) is 17.9 Å². The highest BCUT2D eigenvalue weighted by atomic mass is 32.1. The number of rotatable bonds is 11. The molecule has 39 heavy (non-hydrogen) atoms. The first-order chi connectivity index (χ1) is 19.0. The van der Waals surface area contributed by atoms with Gasteiger partial charge in [0.05, 0.1) is 40.3 Å². The molecule has 0 fully saturated rings. The highest BCUT2D eigenvalue weighted by molar-refractivity contribution is 7.16. The van der Waals surface area contributed by atoms with Gasteiger partial charge >= 0.3 is 5.97 Å². The van der Waals surface area contributed by atoms with Crippen molar-refractivity contribution in [3.63, 3.8) is 0 Å². The second-order valence-corrected chi connectivity index (χ2v) is 10.5. The van der Waals surface area contributed by atoms with Crippen molar-refractivity contribution in [1.82, 2.24) is 9.97 Å². The minimum atomic E-state index is -1.08. The third-order valence-electron chi connectivity index (χ3n) is 5.80. The third-order valence-corrected chi connectivity index (χ3v) is 7.67. The number of carboxylic acid groups (broad SMARTS) is 1. The van der Waals surface area contributed by atoms with Crippen molar-refractivity contribution >= 4 is 39.5 Å². The van der Waals surface area contributed by atoms with Crippen molar-refractivity contribution < 1.29 is 23.8 Å². The van der Waals surface area contributed by atoms with Gasteiger partial charge in [0.1, 0.15) is 6.61 Å². The SMILES string of the molecule is COCCOc1ccc(-c2nc(Nc3cnc(-c4cccs4)cc3C(=O)O)sc2Cc2ccccc2)cc1F. The maximum Gasteiger partial charge on any atom is 0.337 e. The van der Waals surface area contributed by atoms with Crippen molar-refractivity contribution in [3.8, 4) is 27.6 Å². The molecule has 0 unspecified atom stereocenters. The van der Waals surface area contributed by atoms with E-state index in [1.165, 1.54) is 34.9 Å². The Morgan fingerprint density at radius 1 is 1.08 bits per heavy atom. The van der Waals surface area contributed by atoms with Crippen molar-refractivity contribution in [3.05, 3.63) is 100 Å². The van der Waals surface area contributed by atoms with E-state index < -0.39 is 11.8 Å². The smallest absolute Gasteiger partial charge is 0.337 e. The minimum absolute atomic E-state index is 0.0818. The van der Waals surface area contributed by atoms with Crippen molar-refractivity contribution in [2.75, 3.05) is 25.6 Å². The number of aromatic nitrogens is 2. The monoisotopic (exact) mass is 561 g/mol. The quantitative estimate of drug-likeness (QED) is 0.166. The van der Waals surface area contributed by atoms with Gasteiger partial charge in [0, 0.05) is 24.0 Å². The molecule has 7 nitrogen and oxygen atoms in total. The number of thiazole rings is 1. The number of methoxy groups -OCH3 is 1. The van der Waals surface area contributed by atoms with E-state index in [2.05, 4.69) is 10.3 Å². The van der Waals surface area contributed by atoms with Crippen LogP contribution in [0.1, 0.15) is 20.8 Å². The second-order valence-electron chi connectivity index (χ2n) is 8.46. The van der Waals surface area contributed by atoms with E-state index in [9.17, 15) is 14.3 Å². The maximum atomic E-state index is 14.9. The van der Waals surface area contributed by atoms with Crippen LogP contribution in [-0.2, 0) is 11.2 Å². The fourth-order valence-electron chi connectivity index (χ4n) is 3.94. The van der Waals surface area contributed by atoms with Crippen molar-refractivity contribution in [2.45, 2.75) is 6.42 Å². The predicted molar refractivity (Wildman–Crippen MR) is 152 cm³/mol. The Kier molecular flexibility index (Phi) is 8.26. The van der Waals surface area contributed by atoms with Crippen LogP contribution in [-0.4, -0.2) is 41.4 Å². The number of thiophene rings is 1. The van der Waals surface area contributed by atoms with Crippen LogP contribution >= 0.6 is 22.7 Å². The number of benzene rings is 2. The van der Waals surface area contributed by atoms with E-state index in [1.54, 1.807) is 25.3 Å². The molecule has 0 aliphatic heterocycles. The molecular weight excluding hydrogens is 537 g/mol. The van der Waals surface area contributed by atoms with Crippen LogP contribution in [0.15, 0.2) is 78.3 Å². The molecule has 5 aromatic rings. The molecule has 2 N–H and O–H groups in total. The summed E-state index contributed by atoms with van der Waals surface area (Å²) in [5.41, 5.74) is 3.25. The van der Waals surface area contributed by atoms with E-state index in [0.29, 0.717) is 40.8 Å². The molecule has 0 aliphatic rings. The highest BCUT2D eigenvalue weighted by Gasteiger charge is 2.19. The zero-order valence-corrected chi connectivity index (χ0v) is 22.5. The lowest BCUT2D eigenvalue weighted by Crippen LogP contribution is -2.05. The molecule has 0 saturated heterocycles. The van der Waals surface area contributed by atoms with Crippen LogP contribution in [0.25, 0.3) is 21.8 Å². The molecule has 0 spiro atoms. The van der Waals surface area contributed by atoms with Crippen molar-refractivity contribution in [2.24, 2.45) is 0 Å². The van der Waals surface area contributed by atoms with Gasteiger partial charge in [-0.25, -0.2) is 14.2 Å². The van der Waals surface area contributed by atoms with Gasteiger partial charge in [-0.1, -0.05) is 36.4 Å². The number of pyridine rings is 1. The standard InChI is InChI=1S/C29H24FN3O4S2/c1-36-11-12-37-24-10-9-19(15-21(24)30)27-26(14-18-6-3-2-4-7-18)39-29(33-27)32-23-17-31-22(16-20(23)28(34)35)25-8-5-13-38-25/h2-10,13,15-17H,11-12,14H2,1H3,(H,32,33)(H,34,35). The lowest BCUT2D eigenvalue weighted by Gasteiger charge is -2.09. The number of nitrogens with zero attached hydrogens (tertiary/aromatic N) is 2. The molecule has 198 valence electrons. The predicted octanol–water partition coefficient (Wildman–Crippen LogP) is 7.13. The Bertz CT molecular complexity index is 1570. The fraction of sp³-hybridized carbons (Fsp3) is 0.138. The van der Waals surface area contributed by atoms with Gasteiger partial charge in [-0.05, 0) is 41.3 Å². The average Bonchev–Trinajstić information content (AvgIpc) is 3.61. The van der Waals surface area contributed by atoms with Gasteiger partial charge in [0.15, 0.2) is 16.7 Å². The number of aromatic carboxylic acids is 1. The third kappa shape index (κ3) is 6.31. The summed E-state index contributed by atoms with van der Waals surface area (Å²) in [4.78, 5) is 23.1. The summed E-state index contributed by atoms with van der Waals surface area (Å²) in [7, 11) is 1.55. The summed E-state index contributed by atoms with van der Waals surface area (Å²) in [5, 5.41) is 15.4. The second kappa shape index (κ2) is 12.2. The first-order valence-corrected chi connectivity index (χ1v) is 13.7. The van der Waals surface area contributed by atoms with Crippen LogP contribution in [0.3, 0.4) is 0 Å². The van der Waals surface area contributed by atoms with Gasteiger partial charge < -0.3 is 19.9 Å². The van der Waals surface area contributed by atoms with E-state index >= 15 is 0 Å². The molecule has 3 aromatic heterocycles. The van der Waals surface area contributed by atoms with E-state index in [4.69, 9.17) is 14.5 Å². The van der Waals surface area contributed by atoms with Gasteiger partial charge in [-0.2, -0.15) is 0 Å². The fourth-order valence-corrected chi connectivity index (χ4v) is 5.66. The zero-order chi connectivity index (χ0) is 27.2. The largest absolute Gasteiger partial charge is 0.488 e. The number of carboxylic acids is 1. The number of ether oxygens (including phenoxy) is 2. The number of halogens is 1. The topological polar surface area (TPSA) is 93.6 Å². The van der Waals surface area contributed by atoms with Crippen LogP contribution in [0.5, 0.6) is 5.75 Å². The van der Waals surface area contributed by atoms with Gasteiger partial charge in [-0.3, -0.25) is 4.98 Å². The van der Waals surface area contributed by atoms with Crippen LogP contribution < -0.4 is 10.1 Å². The molecule has 0 atom stereocenters. The number of carbonyl (C=O) groups is 1. The van der Waals surface area contributed by atoms with Crippen LogP contribution in [0.2, 0.25) is 0 Å². The van der Waals surface area contributed by atoms with Crippen molar-refractivity contribution in [1.29, 1.82) is 0 Å². The molecule has 0 amide bonds. The number of nitrogens with one attached hydrogen (secondary N) is 1. The Labute approximate surface area is 232 Å². The van der Waals surface area contributed by atoms with Crippen LogP contribution in [0, 0.1) is 5.82 Å². The normalized spacial score (nSPS) is 10.9. The molecular formula is C29H24FN3O4S2. The molecule has 0 bridgehead atoms. The Hall–Kier alpha value is -4.12. The molecule has 0 radical (unpaired) electrons. The maximum absolute atomic E-state index is 14.9. The van der Waals surface area contributed by atoms with Crippen LogP contribution in [0.4, 0.5) is 15.2 Å². The summed E-state index contributed by atoms with van der Waals surface area (Å²) < 4.78 is 25.3. The van der Waals surface area contributed by atoms with E-state index in [1.807, 2.05) is 47.8 Å². The summed E-state index contributed by atoms with van der Waals surface area (Å²) in [6.45, 7) is 0.590. The first kappa shape index (κ1) is 26.5. The number of hydrogen-bond acceptors (Lipinski definition) is 8. The molecule has 0 aliphatic carbocycles. The lowest BCUT2D eigenvalue weighted by atomic mass is 10.1. The average molecular weight is 562 g/mol. The lowest BCUT2D eigenvalue weighted by molar-refractivity contribution is 0.0698. The molecule has 2 aromatic carbocycles. The van der Waals surface area contributed by atoms with E-state index in [0.717, 1.165) is 15.3 Å². The van der Waals surface area contributed by atoms with Gasteiger partial charge in [-0.15, -0.1) is 22.7 Å².